The van der Waals surface area contributed by atoms with Crippen LogP contribution in [0.3, 0.4) is 0 Å². The van der Waals surface area contributed by atoms with Gasteiger partial charge in [0.25, 0.3) is 5.91 Å². The van der Waals surface area contributed by atoms with Gasteiger partial charge in [-0.25, -0.2) is 0 Å². The first-order valence-corrected chi connectivity index (χ1v) is 9.47. The molecule has 1 fully saturated rings. The molecular formula is C23H24ClNO2. The van der Waals surface area contributed by atoms with Gasteiger partial charge in [-0.2, -0.15) is 0 Å². The number of furan rings is 1. The fraction of sp³-hybridized carbons (Fsp3) is 0.348. The summed E-state index contributed by atoms with van der Waals surface area (Å²) in [6, 6.07) is 9.35. The molecule has 0 spiro atoms. The number of amides is 1. The van der Waals surface area contributed by atoms with Crippen LogP contribution in [0.4, 0.5) is 0 Å². The highest BCUT2D eigenvalue weighted by Gasteiger charge is 2.34. The van der Waals surface area contributed by atoms with Crippen molar-refractivity contribution in [3.63, 3.8) is 0 Å². The van der Waals surface area contributed by atoms with Gasteiger partial charge in [0.05, 0.1) is 0 Å². The smallest absolute Gasteiger partial charge is 0.289 e. The van der Waals surface area contributed by atoms with E-state index < -0.39 is 0 Å². The lowest BCUT2D eigenvalue weighted by Gasteiger charge is -2.39. The van der Waals surface area contributed by atoms with E-state index in [0.717, 1.165) is 23.3 Å². The highest BCUT2D eigenvalue weighted by molar-refractivity contribution is 6.30. The molecule has 2 heterocycles. The minimum Gasteiger partial charge on any atom is -0.456 e. The van der Waals surface area contributed by atoms with Crippen molar-refractivity contribution in [1.29, 1.82) is 0 Å². The number of aryl methyl sites for hydroxylation is 2. The summed E-state index contributed by atoms with van der Waals surface area (Å²) in [5.74, 6) is 7.47. The summed E-state index contributed by atoms with van der Waals surface area (Å²) in [4.78, 5) is 14.6. The predicted molar refractivity (Wildman–Crippen MR) is 109 cm³/mol. The van der Waals surface area contributed by atoms with Crippen LogP contribution in [0.15, 0.2) is 46.4 Å². The van der Waals surface area contributed by atoms with Gasteiger partial charge in [0.1, 0.15) is 5.76 Å². The zero-order chi connectivity index (χ0) is 19.6. The molecule has 27 heavy (non-hydrogen) atoms. The summed E-state index contributed by atoms with van der Waals surface area (Å²) in [6.45, 7) is 9.46. The molecular weight excluding hydrogens is 358 g/mol. The summed E-state index contributed by atoms with van der Waals surface area (Å²) in [5.41, 5.74) is 3.03. The van der Waals surface area contributed by atoms with Crippen LogP contribution in [0.2, 0.25) is 5.02 Å². The standard InChI is InChI=1S/C23H24ClNO2/c1-16-13-21(27-17(16)2)22(26)25-12-11-19(23(3,4)15-25)9-5-7-18-8-6-10-20(24)14-18/h6,8-10,13-14H,11-12,15H2,1-4H3/b19-9+. The zero-order valence-electron chi connectivity index (χ0n) is 16.2. The third kappa shape index (κ3) is 4.46. The molecule has 1 saturated heterocycles. The molecule has 4 heteroatoms. The van der Waals surface area contributed by atoms with Crippen molar-refractivity contribution in [2.75, 3.05) is 13.1 Å². The number of hydrogen-bond acceptors (Lipinski definition) is 2. The SMILES string of the molecule is Cc1cc(C(=O)N2CC/C(=C\C#Cc3cccc(Cl)c3)C(C)(C)C2)oc1C. The Morgan fingerprint density at radius 2 is 2.07 bits per heavy atom. The summed E-state index contributed by atoms with van der Waals surface area (Å²) in [5, 5.41) is 0.685. The Kier molecular flexibility index (Phi) is 5.48. The summed E-state index contributed by atoms with van der Waals surface area (Å²) in [6.07, 6.45) is 2.80. The van der Waals surface area contributed by atoms with E-state index in [1.54, 1.807) is 0 Å². The van der Waals surface area contributed by atoms with E-state index in [9.17, 15) is 4.79 Å². The van der Waals surface area contributed by atoms with Crippen molar-refractivity contribution in [1.82, 2.24) is 4.90 Å². The van der Waals surface area contributed by atoms with Crippen LogP contribution in [-0.4, -0.2) is 23.9 Å². The molecule has 1 amide bonds. The highest BCUT2D eigenvalue weighted by atomic mass is 35.5. The van der Waals surface area contributed by atoms with E-state index in [2.05, 4.69) is 25.7 Å². The zero-order valence-corrected chi connectivity index (χ0v) is 17.0. The fourth-order valence-electron chi connectivity index (χ4n) is 3.30. The molecule has 1 aliphatic rings. The van der Waals surface area contributed by atoms with Crippen LogP contribution < -0.4 is 0 Å². The van der Waals surface area contributed by atoms with Crippen LogP contribution in [0.5, 0.6) is 0 Å². The van der Waals surface area contributed by atoms with E-state index in [1.807, 2.05) is 55.2 Å². The Bertz CT molecular complexity index is 937. The average Bonchev–Trinajstić information content (AvgIpc) is 2.94. The van der Waals surface area contributed by atoms with Crippen molar-refractivity contribution < 1.29 is 9.21 Å². The second-order valence-corrected chi connectivity index (χ2v) is 8.10. The summed E-state index contributed by atoms with van der Waals surface area (Å²) in [7, 11) is 0. The van der Waals surface area contributed by atoms with Gasteiger partial charge in [-0.1, -0.05) is 48.9 Å². The number of allylic oxidation sites excluding steroid dienone is 1. The molecule has 3 rings (SSSR count). The number of halogens is 1. The lowest BCUT2D eigenvalue weighted by molar-refractivity contribution is 0.0630. The molecule has 0 radical (unpaired) electrons. The monoisotopic (exact) mass is 381 g/mol. The predicted octanol–water partition coefficient (Wildman–Crippen LogP) is 5.40. The molecule has 140 valence electrons. The van der Waals surface area contributed by atoms with Crippen molar-refractivity contribution in [3.8, 4) is 11.8 Å². The quantitative estimate of drug-likeness (QED) is 0.619. The molecule has 0 saturated carbocycles. The maximum absolute atomic E-state index is 12.8. The van der Waals surface area contributed by atoms with Crippen molar-refractivity contribution in [2.24, 2.45) is 5.41 Å². The molecule has 0 unspecified atom stereocenters. The maximum atomic E-state index is 12.8. The van der Waals surface area contributed by atoms with E-state index in [4.69, 9.17) is 16.0 Å². The highest BCUT2D eigenvalue weighted by Crippen LogP contribution is 2.35. The van der Waals surface area contributed by atoms with E-state index in [0.29, 0.717) is 23.9 Å². The van der Waals surface area contributed by atoms with Crippen LogP contribution >= 0.6 is 11.6 Å². The minimum absolute atomic E-state index is 0.0386. The second-order valence-electron chi connectivity index (χ2n) is 7.66. The van der Waals surface area contributed by atoms with Gasteiger partial charge >= 0.3 is 0 Å². The number of nitrogens with zero attached hydrogens (tertiary/aromatic N) is 1. The molecule has 1 aromatic carbocycles. The average molecular weight is 382 g/mol. The van der Waals surface area contributed by atoms with Crippen molar-refractivity contribution in [3.05, 3.63) is 69.7 Å². The third-order valence-electron chi connectivity index (χ3n) is 5.06. The lowest BCUT2D eigenvalue weighted by atomic mass is 9.78. The first-order chi connectivity index (χ1) is 12.8. The van der Waals surface area contributed by atoms with Crippen LogP contribution in [0.1, 0.15) is 47.7 Å². The molecule has 2 aromatic rings. The van der Waals surface area contributed by atoms with Crippen LogP contribution in [0, 0.1) is 31.1 Å². The Morgan fingerprint density at radius 1 is 1.30 bits per heavy atom. The molecule has 3 nitrogen and oxygen atoms in total. The number of benzene rings is 1. The normalized spacial score (nSPS) is 17.5. The third-order valence-corrected chi connectivity index (χ3v) is 5.29. The lowest BCUT2D eigenvalue weighted by Crippen LogP contribution is -2.44. The summed E-state index contributed by atoms with van der Waals surface area (Å²) >= 11 is 6.00. The molecule has 1 aliphatic heterocycles. The number of carbonyl (C=O) groups excluding carboxylic acids is 1. The van der Waals surface area contributed by atoms with Crippen LogP contribution in [0.25, 0.3) is 0 Å². The maximum Gasteiger partial charge on any atom is 0.289 e. The Morgan fingerprint density at radius 3 is 2.70 bits per heavy atom. The summed E-state index contributed by atoms with van der Waals surface area (Å²) < 4.78 is 5.61. The van der Waals surface area contributed by atoms with E-state index >= 15 is 0 Å². The second kappa shape index (κ2) is 7.66. The number of carbonyl (C=O) groups is 1. The minimum atomic E-state index is -0.131. The van der Waals surface area contributed by atoms with Gasteiger partial charge in [0, 0.05) is 29.1 Å². The molecule has 0 N–H and O–H groups in total. The van der Waals surface area contributed by atoms with Crippen molar-refractivity contribution in [2.45, 2.75) is 34.1 Å². The molecule has 1 aromatic heterocycles. The topological polar surface area (TPSA) is 33.5 Å². The Hall–Kier alpha value is -2.44. The number of rotatable bonds is 1. The number of hydrogen-bond donors (Lipinski definition) is 0. The first-order valence-electron chi connectivity index (χ1n) is 9.09. The molecule has 0 bridgehead atoms. The van der Waals surface area contributed by atoms with Crippen molar-refractivity contribution >= 4 is 17.5 Å². The van der Waals surface area contributed by atoms with Gasteiger partial charge < -0.3 is 9.32 Å². The van der Waals surface area contributed by atoms with Gasteiger partial charge in [-0.05, 0) is 56.2 Å². The van der Waals surface area contributed by atoms with E-state index in [-0.39, 0.29) is 11.3 Å². The Balaban J connectivity index is 1.73. The fourth-order valence-corrected chi connectivity index (χ4v) is 3.49. The number of likely N-dealkylation sites (tertiary alicyclic amines) is 1. The van der Waals surface area contributed by atoms with Gasteiger partial charge in [-0.3, -0.25) is 4.79 Å². The van der Waals surface area contributed by atoms with Crippen LogP contribution in [-0.2, 0) is 0 Å². The van der Waals surface area contributed by atoms with E-state index in [1.165, 1.54) is 5.57 Å². The molecule has 0 aliphatic carbocycles. The molecule has 0 atom stereocenters. The van der Waals surface area contributed by atoms with Gasteiger partial charge in [0.15, 0.2) is 5.76 Å². The Labute approximate surface area is 166 Å². The first kappa shape index (κ1) is 19.3. The largest absolute Gasteiger partial charge is 0.456 e. The number of piperidine rings is 1. The van der Waals surface area contributed by atoms with Gasteiger partial charge in [-0.15, -0.1) is 0 Å². The van der Waals surface area contributed by atoms with Gasteiger partial charge in [0.2, 0.25) is 0 Å².